The first-order valence-corrected chi connectivity index (χ1v) is 10.1. The molecule has 2 aromatic heterocycles. The number of benzene rings is 1. The predicted octanol–water partition coefficient (Wildman–Crippen LogP) is 3.20. The zero-order chi connectivity index (χ0) is 20.2. The van der Waals surface area contributed by atoms with Crippen LogP contribution in [0.15, 0.2) is 34.7 Å². The fourth-order valence-corrected chi connectivity index (χ4v) is 3.69. The Morgan fingerprint density at radius 2 is 2.14 bits per heavy atom. The minimum atomic E-state index is -0.269. The summed E-state index contributed by atoms with van der Waals surface area (Å²) in [5, 5.41) is 3.30. The number of carbonyl (C=O) groups is 1. The van der Waals surface area contributed by atoms with Crippen LogP contribution in [0.1, 0.15) is 21.9 Å². The van der Waals surface area contributed by atoms with E-state index < -0.39 is 0 Å². The number of nitrogens with one attached hydrogen (secondary N) is 1. The molecule has 1 aromatic carbocycles. The molecule has 1 fully saturated rings. The van der Waals surface area contributed by atoms with Crippen LogP contribution in [0, 0.1) is 6.92 Å². The van der Waals surface area contributed by atoms with E-state index in [9.17, 15) is 4.79 Å². The Balaban J connectivity index is 1.44. The van der Waals surface area contributed by atoms with Crippen LogP contribution in [0.2, 0.25) is 0 Å². The van der Waals surface area contributed by atoms with Crippen molar-refractivity contribution in [3.05, 3.63) is 47.5 Å². The Morgan fingerprint density at radius 1 is 1.31 bits per heavy atom. The van der Waals surface area contributed by atoms with Crippen molar-refractivity contribution in [1.29, 1.82) is 0 Å². The summed E-state index contributed by atoms with van der Waals surface area (Å²) >= 11 is 1.18. The molecule has 4 rings (SSSR count). The Morgan fingerprint density at radius 3 is 2.93 bits per heavy atom. The summed E-state index contributed by atoms with van der Waals surface area (Å²) in [5.41, 5.74) is 1.31. The molecule has 0 aliphatic carbocycles. The molecule has 0 bridgehead atoms. The quantitative estimate of drug-likeness (QED) is 0.662. The highest BCUT2D eigenvalue weighted by Gasteiger charge is 2.19. The molecule has 1 saturated heterocycles. The van der Waals surface area contributed by atoms with Crippen LogP contribution in [-0.2, 0) is 11.3 Å². The molecule has 3 aromatic rings. The summed E-state index contributed by atoms with van der Waals surface area (Å²) in [6.07, 6.45) is 0. The number of aryl methyl sites for hydroxylation is 1. The molecule has 0 radical (unpaired) electrons. The zero-order valence-electron chi connectivity index (χ0n) is 16.3. The van der Waals surface area contributed by atoms with Crippen molar-refractivity contribution < 1.29 is 18.7 Å². The lowest BCUT2D eigenvalue weighted by Gasteiger charge is -2.25. The highest BCUT2D eigenvalue weighted by Crippen LogP contribution is 2.28. The Bertz CT molecular complexity index is 994. The van der Waals surface area contributed by atoms with Gasteiger partial charge in [-0.3, -0.25) is 15.0 Å². The van der Waals surface area contributed by atoms with Gasteiger partial charge in [0, 0.05) is 30.2 Å². The van der Waals surface area contributed by atoms with E-state index in [1.54, 1.807) is 20.1 Å². The fraction of sp³-hybridized carbons (Fsp3) is 0.350. The van der Waals surface area contributed by atoms with Crippen LogP contribution in [0.3, 0.4) is 0 Å². The molecule has 29 heavy (non-hydrogen) atoms. The number of morpholine rings is 1. The van der Waals surface area contributed by atoms with Crippen LogP contribution in [0.4, 0.5) is 5.13 Å². The van der Waals surface area contributed by atoms with Crippen molar-refractivity contribution in [2.45, 2.75) is 13.5 Å². The number of anilines is 1. The smallest absolute Gasteiger partial charge is 0.261 e. The van der Waals surface area contributed by atoms with Gasteiger partial charge in [0.15, 0.2) is 5.82 Å². The number of aromatic nitrogens is 2. The highest BCUT2D eigenvalue weighted by atomic mass is 32.1. The molecule has 0 unspecified atom stereocenters. The predicted molar refractivity (Wildman–Crippen MR) is 109 cm³/mol. The van der Waals surface area contributed by atoms with Gasteiger partial charge in [-0.15, -0.1) is 0 Å². The number of hydrogen-bond acceptors (Lipinski definition) is 8. The highest BCUT2D eigenvalue weighted by molar-refractivity contribution is 7.09. The Kier molecular flexibility index (Phi) is 5.89. The summed E-state index contributed by atoms with van der Waals surface area (Å²) < 4.78 is 20.7. The van der Waals surface area contributed by atoms with Gasteiger partial charge in [0.2, 0.25) is 5.13 Å². The van der Waals surface area contributed by atoms with Crippen LogP contribution >= 0.6 is 11.5 Å². The third kappa shape index (κ3) is 4.64. The Hall–Kier alpha value is -2.75. The number of carbonyl (C=O) groups excluding carboxylic acids is 1. The van der Waals surface area contributed by atoms with Crippen molar-refractivity contribution in [2.75, 3.05) is 38.7 Å². The minimum Gasteiger partial charge on any atom is -0.497 e. The summed E-state index contributed by atoms with van der Waals surface area (Å²) in [7, 11) is 1.61. The van der Waals surface area contributed by atoms with E-state index >= 15 is 0 Å². The molecule has 1 aliphatic heterocycles. The van der Waals surface area contributed by atoms with Crippen molar-refractivity contribution in [1.82, 2.24) is 14.3 Å². The number of rotatable bonds is 6. The van der Waals surface area contributed by atoms with E-state index in [1.165, 1.54) is 11.5 Å². The van der Waals surface area contributed by atoms with E-state index in [2.05, 4.69) is 19.6 Å². The lowest BCUT2D eigenvalue weighted by atomic mass is 10.1. The van der Waals surface area contributed by atoms with Crippen molar-refractivity contribution >= 4 is 22.6 Å². The number of furan rings is 1. The topological polar surface area (TPSA) is 89.7 Å². The normalized spacial score (nSPS) is 14.7. The molecule has 3 heterocycles. The average molecular weight is 414 g/mol. The molecular weight excluding hydrogens is 392 g/mol. The first-order chi connectivity index (χ1) is 14.1. The van der Waals surface area contributed by atoms with Crippen molar-refractivity contribution in [2.24, 2.45) is 0 Å². The van der Waals surface area contributed by atoms with Gasteiger partial charge in [0.05, 0.1) is 32.4 Å². The molecule has 8 nitrogen and oxygen atoms in total. The summed E-state index contributed by atoms with van der Waals surface area (Å²) in [5.74, 6) is 2.31. The summed E-state index contributed by atoms with van der Waals surface area (Å²) in [6, 6.07) is 9.24. The third-order valence-corrected chi connectivity index (χ3v) is 5.34. The second kappa shape index (κ2) is 8.73. The molecule has 1 N–H and O–H groups in total. The van der Waals surface area contributed by atoms with Gasteiger partial charge in [-0.1, -0.05) is 12.1 Å². The van der Waals surface area contributed by atoms with Gasteiger partial charge in [-0.2, -0.15) is 4.37 Å². The SMILES string of the molecule is COc1cccc(-c2cc(C(=O)Nc3nc(CN4CCOCC4)ns3)c(C)o2)c1. The number of nitrogens with zero attached hydrogens (tertiary/aromatic N) is 3. The largest absolute Gasteiger partial charge is 0.497 e. The zero-order valence-corrected chi connectivity index (χ0v) is 17.1. The average Bonchev–Trinajstić information content (AvgIpc) is 3.35. The molecule has 1 aliphatic rings. The van der Waals surface area contributed by atoms with E-state index in [4.69, 9.17) is 13.9 Å². The minimum absolute atomic E-state index is 0.269. The standard InChI is InChI=1S/C20H22N4O4S/c1-13-16(11-17(28-13)14-4-3-5-15(10-14)26-2)19(25)22-20-21-18(23-29-20)12-24-6-8-27-9-7-24/h3-5,10-11H,6-9,12H2,1-2H3,(H,21,22,23,25). The van der Waals surface area contributed by atoms with Crippen LogP contribution < -0.4 is 10.1 Å². The van der Waals surface area contributed by atoms with Crippen molar-refractivity contribution in [3.8, 4) is 17.1 Å². The van der Waals surface area contributed by atoms with Gasteiger partial charge < -0.3 is 13.9 Å². The number of amides is 1. The van der Waals surface area contributed by atoms with E-state index in [0.29, 0.717) is 34.6 Å². The first kappa shape index (κ1) is 19.6. The van der Waals surface area contributed by atoms with Crippen LogP contribution in [0.25, 0.3) is 11.3 Å². The molecule has 0 saturated carbocycles. The number of hydrogen-bond donors (Lipinski definition) is 1. The number of ether oxygens (including phenoxy) is 2. The maximum absolute atomic E-state index is 12.7. The molecule has 0 atom stereocenters. The lowest BCUT2D eigenvalue weighted by Crippen LogP contribution is -2.35. The van der Waals surface area contributed by atoms with Gasteiger partial charge >= 0.3 is 0 Å². The summed E-state index contributed by atoms with van der Waals surface area (Å²) in [6.45, 7) is 5.60. The molecule has 1 amide bonds. The second-order valence-corrected chi connectivity index (χ2v) is 7.42. The van der Waals surface area contributed by atoms with Crippen LogP contribution in [-0.4, -0.2) is 53.6 Å². The van der Waals surface area contributed by atoms with Gasteiger partial charge in [0.25, 0.3) is 5.91 Å². The number of methoxy groups -OCH3 is 1. The summed E-state index contributed by atoms with van der Waals surface area (Å²) in [4.78, 5) is 19.4. The second-order valence-electron chi connectivity index (χ2n) is 6.67. The lowest BCUT2D eigenvalue weighted by molar-refractivity contribution is 0.0332. The maximum Gasteiger partial charge on any atom is 0.261 e. The molecule has 9 heteroatoms. The molecular formula is C20H22N4O4S. The van der Waals surface area contributed by atoms with Gasteiger partial charge in [-0.05, 0) is 25.1 Å². The first-order valence-electron chi connectivity index (χ1n) is 9.31. The molecule has 0 spiro atoms. The van der Waals surface area contributed by atoms with E-state index in [1.807, 2.05) is 24.3 Å². The fourth-order valence-electron chi connectivity index (χ4n) is 3.12. The molecule has 152 valence electrons. The van der Waals surface area contributed by atoms with E-state index in [-0.39, 0.29) is 5.91 Å². The van der Waals surface area contributed by atoms with Gasteiger partial charge in [-0.25, -0.2) is 4.98 Å². The van der Waals surface area contributed by atoms with Crippen LogP contribution in [0.5, 0.6) is 5.75 Å². The Labute approximate surface area is 172 Å². The monoisotopic (exact) mass is 414 g/mol. The third-order valence-electron chi connectivity index (χ3n) is 4.67. The van der Waals surface area contributed by atoms with E-state index in [0.717, 1.165) is 37.6 Å². The van der Waals surface area contributed by atoms with Gasteiger partial charge in [0.1, 0.15) is 17.3 Å². The van der Waals surface area contributed by atoms with Crippen molar-refractivity contribution in [3.63, 3.8) is 0 Å². The maximum atomic E-state index is 12.7.